The van der Waals surface area contributed by atoms with Gasteiger partial charge in [0.05, 0.1) is 19.5 Å². The van der Waals surface area contributed by atoms with E-state index in [2.05, 4.69) is 39.7 Å². The van der Waals surface area contributed by atoms with Gasteiger partial charge in [-0.15, -0.1) is 0 Å². The third-order valence-corrected chi connectivity index (χ3v) is 11.8. The van der Waals surface area contributed by atoms with Crippen LogP contribution in [0.3, 0.4) is 0 Å². The molecule has 0 bridgehead atoms. The maximum absolute atomic E-state index is 12.6. The number of carbonyl (C=O) groups is 3. The Bertz CT molecular complexity index is 2000. The minimum absolute atomic E-state index is 0.0108. The fourth-order valence-corrected chi connectivity index (χ4v) is 7.79. The van der Waals surface area contributed by atoms with Crippen molar-refractivity contribution < 1.29 is 93.5 Å². The number of aliphatic hydroxyl groups is 2. The Hall–Kier alpha value is -3.08. The average molecular weight is 887 g/mol. The third kappa shape index (κ3) is 13.5. The number of aromatic nitrogens is 4. The average Bonchev–Trinajstić information content (AvgIpc) is 3.63. The zero-order valence-electron chi connectivity index (χ0n) is 29.4. The molecule has 12 N–H and O–H groups in total. The molecule has 56 heavy (non-hydrogen) atoms. The van der Waals surface area contributed by atoms with E-state index in [1.54, 1.807) is 0 Å². The number of anilines is 1. The number of phosphoric ester groups is 3. The first-order chi connectivity index (χ1) is 25.6. The van der Waals surface area contributed by atoms with E-state index in [0.717, 1.165) is 24.1 Å². The lowest BCUT2D eigenvalue weighted by Gasteiger charge is -2.30. The molecule has 0 saturated carbocycles. The first-order valence-corrected chi connectivity index (χ1v) is 21.8. The smallest absolute Gasteiger partial charge is 0.386 e. The summed E-state index contributed by atoms with van der Waals surface area (Å²) in [6, 6.07) is 0. The number of fused-ring (bicyclic) bond motifs is 1. The number of nitrogens with two attached hydrogens (primary N) is 1. The van der Waals surface area contributed by atoms with Crippen LogP contribution in [0.4, 0.5) is 5.82 Å². The van der Waals surface area contributed by atoms with Gasteiger partial charge in [-0.2, -0.15) is 12.7 Å². The van der Waals surface area contributed by atoms with Crippen LogP contribution in [0, 0.1) is 5.41 Å². The lowest BCUT2D eigenvalue weighted by Crippen LogP contribution is -2.46. The summed E-state index contributed by atoms with van der Waals surface area (Å²) in [6.07, 6.45) is -7.27. The number of aliphatic hydroxyl groups excluding tert-OH is 2. The number of carbonyl (C=O) groups excluding carboxylic acids is 3. The Labute approximate surface area is 316 Å². The number of nitrogens with one attached hydrogen (secondary N) is 3. The van der Waals surface area contributed by atoms with Crippen molar-refractivity contribution in [2.24, 2.45) is 5.41 Å². The van der Waals surface area contributed by atoms with Crippen LogP contribution in [-0.2, 0) is 60.8 Å². The molecule has 318 valence electrons. The lowest BCUT2D eigenvalue weighted by molar-refractivity contribution is -0.137. The topological polar surface area (TPSA) is 430 Å². The molecule has 3 rings (SSSR count). The second kappa shape index (κ2) is 18.7. The molecule has 0 spiro atoms. The maximum Gasteiger partial charge on any atom is 0.481 e. The number of imidazole rings is 1. The molecule has 1 aliphatic rings. The largest absolute Gasteiger partial charge is 0.481 e. The van der Waals surface area contributed by atoms with E-state index in [0.29, 0.717) is 0 Å². The van der Waals surface area contributed by atoms with E-state index in [9.17, 15) is 66.3 Å². The summed E-state index contributed by atoms with van der Waals surface area (Å²) in [7, 11) is -21.1. The molecule has 2 unspecified atom stereocenters. The molecule has 0 aliphatic carbocycles. The predicted molar refractivity (Wildman–Crippen MR) is 184 cm³/mol. The summed E-state index contributed by atoms with van der Waals surface area (Å²) in [5, 5.41) is 26.4. The molecule has 0 radical (unpaired) electrons. The summed E-state index contributed by atoms with van der Waals surface area (Å²) < 4.78 is 92.6. The zero-order valence-corrected chi connectivity index (χ0v) is 32.9. The van der Waals surface area contributed by atoms with Crippen molar-refractivity contribution in [3.63, 3.8) is 0 Å². The minimum atomic E-state index is -5.61. The SMILES string of the molecule is C[C@H](C(=O)NCCNC(=O)CCNC(=O)[C@H](O)C(C)(C)COP(=O)(O)OP(=O)(O)OC[C@H]1O[C@@H](n2cnc3c(N)ncnc32)[C@H](O)[C@@H]1OP(=O)(O)O)S(=O)(=O)O. The Morgan fingerprint density at radius 2 is 1.61 bits per heavy atom. The number of rotatable bonds is 21. The van der Waals surface area contributed by atoms with Crippen molar-refractivity contribution in [1.29, 1.82) is 0 Å². The van der Waals surface area contributed by atoms with Crippen LogP contribution in [0.5, 0.6) is 0 Å². The van der Waals surface area contributed by atoms with Gasteiger partial charge >= 0.3 is 23.5 Å². The Morgan fingerprint density at radius 3 is 2.23 bits per heavy atom. The molecule has 1 aliphatic heterocycles. The van der Waals surface area contributed by atoms with Gasteiger partial charge in [-0.25, -0.2) is 28.6 Å². The standard InChI is InChI=1S/C24H41N8O20P3S/c1-12(56(45,46)47)21(36)28-7-6-26-14(33)4-5-27-22(37)18(35)24(2,3)9-49-55(43,44)52-54(41,42)48-8-13-17(51-53(38,39)40)16(34)23(50-13)32-11-31-15-19(25)29-10-30-20(15)32/h10-13,16-18,23,34-35H,4-9H2,1-3H3,(H,26,33)(H,27,37)(H,28,36)(H,41,42)(H,43,44)(H2,25,29,30)(H2,38,39,40)(H,45,46,47)/t12-,13-,16-,17-,18+,23-/m1/s1. The van der Waals surface area contributed by atoms with Crippen molar-refractivity contribution in [1.82, 2.24) is 35.5 Å². The number of hydrogen-bond donors (Lipinski definition) is 11. The van der Waals surface area contributed by atoms with Gasteiger partial charge in [0.1, 0.15) is 36.3 Å². The quantitative estimate of drug-likeness (QED) is 0.0334. The molecule has 2 aromatic heterocycles. The summed E-state index contributed by atoms with van der Waals surface area (Å²) in [5.74, 6) is -2.75. The van der Waals surface area contributed by atoms with E-state index < -0.39 is 106 Å². The molecule has 3 heterocycles. The van der Waals surface area contributed by atoms with Gasteiger partial charge in [0.2, 0.25) is 17.7 Å². The number of hydrogen-bond acceptors (Lipinski definition) is 19. The van der Waals surface area contributed by atoms with Gasteiger partial charge in [-0.3, -0.25) is 37.1 Å². The van der Waals surface area contributed by atoms with Crippen molar-refractivity contribution in [3.8, 4) is 0 Å². The number of amides is 3. The van der Waals surface area contributed by atoms with Gasteiger partial charge in [0.15, 0.2) is 22.9 Å². The molecule has 2 aromatic rings. The Morgan fingerprint density at radius 1 is 1.00 bits per heavy atom. The van der Waals surface area contributed by atoms with E-state index in [1.165, 1.54) is 13.8 Å². The second-order valence-electron chi connectivity index (χ2n) is 12.5. The number of nitrogen functional groups attached to an aromatic ring is 1. The molecule has 28 nitrogen and oxygen atoms in total. The van der Waals surface area contributed by atoms with Crippen molar-refractivity contribution in [2.75, 3.05) is 38.6 Å². The van der Waals surface area contributed by atoms with Crippen LogP contribution in [0.25, 0.3) is 11.2 Å². The Kier molecular flexibility index (Phi) is 15.8. The molecule has 8 atom stereocenters. The normalized spacial score (nSPS) is 22.5. The molecule has 1 saturated heterocycles. The van der Waals surface area contributed by atoms with Crippen molar-refractivity contribution in [3.05, 3.63) is 12.7 Å². The van der Waals surface area contributed by atoms with E-state index >= 15 is 0 Å². The van der Waals surface area contributed by atoms with Crippen LogP contribution in [0.2, 0.25) is 0 Å². The fourth-order valence-electron chi connectivity index (χ4n) is 4.61. The second-order valence-corrected chi connectivity index (χ2v) is 18.5. The molecule has 1 fully saturated rings. The molecule has 0 aromatic carbocycles. The fraction of sp³-hybridized carbons (Fsp3) is 0.667. The van der Waals surface area contributed by atoms with Gasteiger partial charge < -0.3 is 56.2 Å². The third-order valence-electron chi connectivity index (χ3n) is 7.64. The van der Waals surface area contributed by atoms with Crippen LogP contribution in [-0.4, -0.2) is 143 Å². The van der Waals surface area contributed by atoms with Gasteiger partial charge in [0, 0.05) is 31.5 Å². The first kappa shape index (κ1) is 47.3. The van der Waals surface area contributed by atoms with Crippen molar-refractivity contribution in [2.45, 2.75) is 63.1 Å². The van der Waals surface area contributed by atoms with Crippen molar-refractivity contribution >= 4 is 68.3 Å². The van der Waals surface area contributed by atoms with Crippen LogP contribution in [0.15, 0.2) is 12.7 Å². The minimum Gasteiger partial charge on any atom is -0.386 e. The first-order valence-electron chi connectivity index (χ1n) is 15.8. The summed E-state index contributed by atoms with van der Waals surface area (Å²) in [6.45, 7) is 0.597. The highest BCUT2D eigenvalue weighted by Gasteiger charge is 2.50. The Balaban J connectivity index is 1.50. The summed E-state index contributed by atoms with van der Waals surface area (Å²) in [5.41, 5.74) is 4.14. The highest BCUT2D eigenvalue weighted by Crippen LogP contribution is 2.61. The van der Waals surface area contributed by atoms with Gasteiger partial charge in [-0.05, 0) is 6.92 Å². The zero-order chi connectivity index (χ0) is 42.4. The maximum atomic E-state index is 12.6. The van der Waals surface area contributed by atoms with E-state index in [4.69, 9.17) is 24.1 Å². The van der Waals surface area contributed by atoms with Gasteiger partial charge in [0.25, 0.3) is 10.1 Å². The predicted octanol–water partition coefficient (Wildman–Crippen LogP) is -3.20. The van der Waals surface area contributed by atoms with E-state index in [1.807, 2.05) is 0 Å². The van der Waals surface area contributed by atoms with Crippen LogP contribution < -0.4 is 21.7 Å². The highest BCUT2D eigenvalue weighted by molar-refractivity contribution is 7.87. The summed E-state index contributed by atoms with van der Waals surface area (Å²) in [4.78, 5) is 86.9. The van der Waals surface area contributed by atoms with Crippen LogP contribution in [0.1, 0.15) is 33.4 Å². The number of nitrogens with zero attached hydrogens (tertiary/aromatic N) is 4. The number of ether oxygens (including phenoxy) is 1. The molecular weight excluding hydrogens is 845 g/mol. The van der Waals surface area contributed by atoms with Crippen LogP contribution >= 0.6 is 23.5 Å². The molecule has 3 amide bonds. The number of phosphoric acid groups is 3. The highest BCUT2D eigenvalue weighted by atomic mass is 32.2. The molecular formula is C24H41N8O20P3S. The van der Waals surface area contributed by atoms with E-state index in [-0.39, 0.29) is 43.0 Å². The lowest BCUT2D eigenvalue weighted by atomic mass is 9.87. The van der Waals surface area contributed by atoms with Gasteiger partial charge in [-0.1, -0.05) is 13.8 Å². The summed E-state index contributed by atoms with van der Waals surface area (Å²) >= 11 is 0. The monoisotopic (exact) mass is 886 g/mol. The molecule has 32 heteroatoms.